The van der Waals surface area contributed by atoms with Gasteiger partial charge in [0.25, 0.3) is 0 Å². The molecule has 0 fully saturated rings. The molecule has 20 heavy (non-hydrogen) atoms. The molecule has 100 valence electrons. The summed E-state index contributed by atoms with van der Waals surface area (Å²) in [6, 6.07) is 8.08. The van der Waals surface area contributed by atoms with Crippen molar-refractivity contribution in [2.45, 2.75) is 0 Å². The van der Waals surface area contributed by atoms with E-state index < -0.39 is 28.8 Å². The SMILES string of the molecule is O=C(c1cc2cc(F)ccc2o1)c1c(F)cccc1F. The Morgan fingerprint density at radius 2 is 1.65 bits per heavy atom. The predicted molar refractivity (Wildman–Crippen MR) is 66.0 cm³/mol. The van der Waals surface area contributed by atoms with E-state index in [1.54, 1.807) is 0 Å². The van der Waals surface area contributed by atoms with Crippen molar-refractivity contribution in [2.75, 3.05) is 0 Å². The molecule has 0 amide bonds. The molecule has 3 aromatic rings. The lowest BCUT2D eigenvalue weighted by Gasteiger charge is -2.00. The van der Waals surface area contributed by atoms with Gasteiger partial charge < -0.3 is 4.42 Å². The first-order chi connectivity index (χ1) is 9.56. The molecule has 0 bridgehead atoms. The minimum absolute atomic E-state index is 0.241. The highest BCUT2D eigenvalue weighted by atomic mass is 19.1. The third-order valence-corrected chi connectivity index (χ3v) is 2.89. The summed E-state index contributed by atoms with van der Waals surface area (Å²) in [6.07, 6.45) is 0. The number of halogens is 3. The maximum Gasteiger partial charge on any atom is 0.234 e. The van der Waals surface area contributed by atoms with Crippen LogP contribution in [0.4, 0.5) is 13.2 Å². The first kappa shape index (κ1) is 12.5. The fourth-order valence-electron chi connectivity index (χ4n) is 1.96. The van der Waals surface area contributed by atoms with Crippen LogP contribution in [-0.4, -0.2) is 5.78 Å². The lowest BCUT2D eigenvalue weighted by molar-refractivity contribution is 0.100. The largest absolute Gasteiger partial charge is 0.453 e. The molecule has 2 nitrogen and oxygen atoms in total. The monoisotopic (exact) mass is 276 g/mol. The number of benzene rings is 2. The smallest absolute Gasteiger partial charge is 0.234 e. The molecule has 0 N–H and O–H groups in total. The van der Waals surface area contributed by atoms with Gasteiger partial charge in [-0.05, 0) is 36.4 Å². The highest BCUT2D eigenvalue weighted by Gasteiger charge is 2.22. The zero-order valence-corrected chi connectivity index (χ0v) is 9.99. The van der Waals surface area contributed by atoms with Crippen LogP contribution in [0.15, 0.2) is 46.9 Å². The summed E-state index contributed by atoms with van der Waals surface area (Å²) in [5, 5.41) is 0.352. The number of fused-ring (bicyclic) bond motifs is 1. The van der Waals surface area contributed by atoms with E-state index in [1.165, 1.54) is 24.3 Å². The Labute approximate surface area is 111 Å². The Hall–Kier alpha value is -2.56. The molecular weight excluding hydrogens is 269 g/mol. The topological polar surface area (TPSA) is 30.2 Å². The Balaban J connectivity index is 2.13. The van der Waals surface area contributed by atoms with E-state index in [2.05, 4.69) is 0 Å². The molecule has 0 aliphatic rings. The Morgan fingerprint density at radius 3 is 2.35 bits per heavy atom. The van der Waals surface area contributed by atoms with Crippen molar-refractivity contribution in [1.29, 1.82) is 0 Å². The second-order valence-electron chi connectivity index (χ2n) is 4.22. The molecule has 0 atom stereocenters. The van der Waals surface area contributed by atoms with Crippen LogP contribution < -0.4 is 0 Å². The van der Waals surface area contributed by atoms with Crippen LogP contribution >= 0.6 is 0 Å². The molecule has 0 aliphatic carbocycles. The van der Waals surface area contributed by atoms with Gasteiger partial charge in [-0.3, -0.25) is 4.79 Å². The van der Waals surface area contributed by atoms with Crippen LogP contribution in [-0.2, 0) is 0 Å². The summed E-state index contributed by atoms with van der Waals surface area (Å²) in [6.45, 7) is 0. The number of rotatable bonds is 2. The van der Waals surface area contributed by atoms with Crippen molar-refractivity contribution in [1.82, 2.24) is 0 Å². The van der Waals surface area contributed by atoms with Crippen molar-refractivity contribution in [2.24, 2.45) is 0 Å². The number of carbonyl (C=O) groups excluding carboxylic acids is 1. The normalized spacial score (nSPS) is 10.9. The van der Waals surface area contributed by atoms with Gasteiger partial charge in [-0.1, -0.05) is 6.07 Å². The third-order valence-electron chi connectivity index (χ3n) is 2.89. The highest BCUT2D eigenvalue weighted by Crippen LogP contribution is 2.24. The van der Waals surface area contributed by atoms with Crippen LogP contribution in [0.2, 0.25) is 0 Å². The van der Waals surface area contributed by atoms with Crippen molar-refractivity contribution >= 4 is 16.8 Å². The van der Waals surface area contributed by atoms with Crippen LogP contribution in [0, 0.1) is 17.5 Å². The van der Waals surface area contributed by atoms with Gasteiger partial charge in [0.05, 0.1) is 5.56 Å². The van der Waals surface area contributed by atoms with Crippen molar-refractivity contribution in [3.05, 3.63) is 71.2 Å². The second kappa shape index (κ2) is 4.52. The molecule has 0 saturated heterocycles. The van der Waals surface area contributed by atoms with Crippen molar-refractivity contribution in [3.8, 4) is 0 Å². The van der Waals surface area contributed by atoms with Gasteiger partial charge in [0, 0.05) is 5.39 Å². The molecule has 0 spiro atoms. The van der Waals surface area contributed by atoms with Gasteiger partial charge in [0.2, 0.25) is 5.78 Å². The lowest BCUT2D eigenvalue weighted by atomic mass is 10.1. The Bertz CT molecular complexity index is 801. The fourth-order valence-corrected chi connectivity index (χ4v) is 1.96. The Morgan fingerprint density at radius 1 is 0.950 bits per heavy atom. The molecule has 1 heterocycles. The quantitative estimate of drug-likeness (QED) is 0.660. The molecular formula is C15H7F3O2. The number of hydrogen-bond acceptors (Lipinski definition) is 2. The molecule has 3 rings (SSSR count). The van der Waals surface area contributed by atoms with Crippen LogP contribution in [0.3, 0.4) is 0 Å². The van der Waals surface area contributed by atoms with Crippen molar-refractivity contribution < 1.29 is 22.4 Å². The average Bonchev–Trinajstić information content (AvgIpc) is 2.81. The zero-order chi connectivity index (χ0) is 14.3. The van der Waals surface area contributed by atoms with Crippen LogP contribution in [0.5, 0.6) is 0 Å². The minimum atomic E-state index is -0.971. The molecule has 0 unspecified atom stereocenters. The first-order valence-corrected chi connectivity index (χ1v) is 5.74. The number of carbonyl (C=O) groups is 1. The third kappa shape index (κ3) is 1.97. The molecule has 0 aliphatic heterocycles. The maximum atomic E-state index is 13.5. The van der Waals surface area contributed by atoms with E-state index in [1.807, 2.05) is 0 Å². The summed E-state index contributed by atoms with van der Waals surface area (Å²) in [5.74, 6) is -3.59. The van der Waals surface area contributed by atoms with Gasteiger partial charge in [-0.2, -0.15) is 0 Å². The van der Waals surface area contributed by atoms with Crippen LogP contribution in [0.1, 0.15) is 16.1 Å². The summed E-state index contributed by atoms with van der Waals surface area (Å²) < 4.78 is 45.3. The first-order valence-electron chi connectivity index (χ1n) is 5.74. The van der Waals surface area contributed by atoms with E-state index >= 15 is 0 Å². The Kier molecular flexibility index (Phi) is 2.82. The highest BCUT2D eigenvalue weighted by molar-refractivity contribution is 6.09. The fraction of sp³-hybridized carbons (Fsp3) is 0. The summed E-state index contributed by atoms with van der Waals surface area (Å²) >= 11 is 0. The van der Waals surface area contributed by atoms with E-state index in [4.69, 9.17) is 4.42 Å². The van der Waals surface area contributed by atoms with E-state index in [0.29, 0.717) is 5.39 Å². The molecule has 0 saturated carbocycles. The van der Waals surface area contributed by atoms with Gasteiger partial charge >= 0.3 is 0 Å². The molecule has 0 radical (unpaired) electrons. The van der Waals surface area contributed by atoms with E-state index in [-0.39, 0.29) is 11.3 Å². The van der Waals surface area contributed by atoms with E-state index in [9.17, 15) is 18.0 Å². The summed E-state index contributed by atoms with van der Waals surface area (Å²) in [5.41, 5.74) is -0.418. The molecule has 2 aromatic carbocycles. The number of ketones is 1. The number of hydrogen-bond donors (Lipinski definition) is 0. The van der Waals surface area contributed by atoms with Gasteiger partial charge in [-0.25, -0.2) is 13.2 Å². The van der Waals surface area contributed by atoms with Gasteiger partial charge in [0.1, 0.15) is 23.0 Å². The second-order valence-corrected chi connectivity index (χ2v) is 4.22. The van der Waals surface area contributed by atoms with Gasteiger partial charge in [-0.15, -0.1) is 0 Å². The van der Waals surface area contributed by atoms with Crippen LogP contribution in [0.25, 0.3) is 11.0 Å². The maximum absolute atomic E-state index is 13.5. The van der Waals surface area contributed by atoms with E-state index in [0.717, 1.165) is 18.2 Å². The zero-order valence-electron chi connectivity index (χ0n) is 9.99. The standard InChI is InChI=1S/C15H7F3O2/c16-9-4-5-12-8(6-9)7-13(20-12)15(19)14-10(17)2-1-3-11(14)18/h1-7H. The summed E-state index contributed by atoms with van der Waals surface area (Å²) in [4.78, 5) is 12.1. The molecule has 5 heteroatoms. The van der Waals surface area contributed by atoms with Gasteiger partial charge in [0.15, 0.2) is 5.76 Å². The lowest BCUT2D eigenvalue weighted by Crippen LogP contribution is -2.06. The minimum Gasteiger partial charge on any atom is -0.453 e. The predicted octanol–water partition coefficient (Wildman–Crippen LogP) is 4.08. The molecule has 1 aromatic heterocycles. The number of furan rings is 1. The van der Waals surface area contributed by atoms with Crippen molar-refractivity contribution in [3.63, 3.8) is 0 Å². The summed E-state index contributed by atoms with van der Waals surface area (Å²) in [7, 11) is 0. The average molecular weight is 276 g/mol.